The molecule has 8 rings (SSSR count). The monoisotopic (exact) mass is 705 g/mol. The Balaban J connectivity index is 0.000000183. The molecule has 1 atom stereocenters. The highest BCUT2D eigenvalue weighted by atomic mass is 35.5. The molecule has 0 aliphatic carbocycles. The van der Waals surface area contributed by atoms with Crippen LogP contribution in [0.3, 0.4) is 0 Å². The van der Waals surface area contributed by atoms with E-state index >= 15 is 0 Å². The molecule has 0 radical (unpaired) electrons. The Labute approximate surface area is 297 Å². The number of nitrogens with zero attached hydrogens (tertiary/aromatic N) is 6. The first-order chi connectivity index (χ1) is 24.9. The molecule has 5 heterocycles. The lowest BCUT2D eigenvalue weighted by atomic mass is 9.91. The van der Waals surface area contributed by atoms with Gasteiger partial charge in [-0.1, -0.05) is 41.0 Å². The number of benzene rings is 3. The zero-order valence-electron chi connectivity index (χ0n) is 27.5. The largest absolute Gasteiger partial charge is 0.382 e. The predicted octanol–water partition coefficient (Wildman–Crippen LogP) is 6.38. The molecule has 0 saturated heterocycles. The highest BCUT2D eigenvalue weighted by Crippen LogP contribution is 2.31. The van der Waals surface area contributed by atoms with E-state index in [2.05, 4.69) is 46.4 Å². The number of hydrogen-bond donors (Lipinski definition) is 3. The van der Waals surface area contributed by atoms with Gasteiger partial charge in [0, 0.05) is 79.1 Å². The van der Waals surface area contributed by atoms with Crippen molar-refractivity contribution >= 4 is 35.3 Å². The van der Waals surface area contributed by atoms with Gasteiger partial charge in [0.2, 0.25) is 12.5 Å². The lowest BCUT2D eigenvalue weighted by Gasteiger charge is -2.31. The molecule has 0 spiro atoms. The third-order valence-corrected chi connectivity index (χ3v) is 8.47. The van der Waals surface area contributed by atoms with Crippen LogP contribution in [0.25, 0.3) is 22.5 Å². The number of amides is 2. The number of hydrogen-bond acceptors (Lipinski definition) is 8. The van der Waals surface area contributed by atoms with E-state index in [0.29, 0.717) is 25.2 Å². The predicted molar refractivity (Wildman–Crippen MR) is 191 cm³/mol. The van der Waals surface area contributed by atoms with Gasteiger partial charge in [-0.15, -0.1) is 0 Å². The number of nitrogens with one attached hydrogen (secondary N) is 3. The second kappa shape index (κ2) is 16.5. The second-order valence-corrected chi connectivity index (χ2v) is 11.9. The number of aryl methyl sites for hydroxylation is 1. The van der Waals surface area contributed by atoms with Crippen LogP contribution in [0, 0.1) is 12.7 Å². The summed E-state index contributed by atoms with van der Waals surface area (Å²) in [6, 6.07) is 18.2. The number of imidazole rings is 2. The van der Waals surface area contributed by atoms with Gasteiger partial charge in [-0.2, -0.15) is 0 Å². The minimum Gasteiger partial charge on any atom is -0.382 e. The first kappa shape index (κ1) is 34.6. The quantitative estimate of drug-likeness (QED) is 0.170. The highest BCUT2D eigenvalue weighted by molar-refractivity contribution is 6.31. The van der Waals surface area contributed by atoms with E-state index < -0.39 is 11.9 Å². The van der Waals surface area contributed by atoms with Gasteiger partial charge < -0.3 is 25.0 Å². The zero-order chi connectivity index (χ0) is 35.6. The number of oxime groups is 1. The number of carbonyl (C=O) groups is 2. The molecule has 258 valence electrons. The summed E-state index contributed by atoms with van der Waals surface area (Å²) >= 11 is 5.86. The third kappa shape index (κ3) is 8.51. The number of rotatable bonds is 6. The number of carbonyl (C=O) groups excluding carboxylic acids is 2. The van der Waals surface area contributed by atoms with Crippen LogP contribution >= 0.6 is 11.6 Å². The minimum atomic E-state index is -0.763. The summed E-state index contributed by atoms with van der Waals surface area (Å²) in [7, 11) is 0. The lowest BCUT2D eigenvalue weighted by molar-refractivity contribution is -0.143. The smallest absolute Gasteiger partial charge is 0.267 e. The van der Waals surface area contributed by atoms with Crippen LogP contribution in [0.1, 0.15) is 28.9 Å². The average molecular weight is 706 g/mol. The van der Waals surface area contributed by atoms with Gasteiger partial charge in [-0.05, 0) is 66.4 Å². The summed E-state index contributed by atoms with van der Waals surface area (Å²) in [4.78, 5) is 52.5. The van der Waals surface area contributed by atoms with E-state index in [1.165, 1.54) is 18.0 Å². The fourth-order valence-electron chi connectivity index (χ4n) is 5.67. The molecule has 14 heteroatoms. The van der Waals surface area contributed by atoms with Crippen LogP contribution in [-0.4, -0.2) is 65.5 Å². The van der Waals surface area contributed by atoms with Crippen molar-refractivity contribution in [1.82, 2.24) is 34.8 Å². The van der Waals surface area contributed by atoms with Gasteiger partial charge in [0.25, 0.3) is 5.91 Å². The van der Waals surface area contributed by atoms with Crippen molar-refractivity contribution in [3.63, 3.8) is 0 Å². The Morgan fingerprint density at radius 1 is 0.980 bits per heavy atom. The molecule has 3 aromatic carbocycles. The van der Waals surface area contributed by atoms with Gasteiger partial charge in [0.1, 0.15) is 18.0 Å². The summed E-state index contributed by atoms with van der Waals surface area (Å²) in [5, 5.41) is 6.54. The number of anilines is 1. The van der Waals surface area contributed by atoms with E-state index in [9.17, 15) is 14.0 Å². The second-order valence-electron chi connectivity index (χ2n) is 11.5. The SMILES string of the molecule is Cc1ncc[nH]1.O=C(C1CC(c2cccc(Cl)c2F)=NO1)N1CCc2c(cccc2-c2cncnc2)C1.O=CNc1ccc(-c2ncc[nH]2)cc1. The average Bonchev–Trinajstić information content (AvgIpc) is 3.98. The third-order valence-electron chi connectivity index (χ3n) is 8.17. The molecule has 2 amide bonds. The summed E-state index contributed by atoms with van der Waals surface area (Å²) in [5.74, 6) is 1.09. The summed E-state index contributed by atoms with van der Waals surface area (Å²) in [5.41, 5.74) is 6.75. The molecule has 3 N–H and O–H groups in total. The molecule has 2 aliphatic heterocycles. The number of fused-ring (bicyclic) bond motifs is 1. The van der Waals surface area contributed by atoms with Crippen LogP contribution < -0.4 is 5.32 Å². The van der Waals surface area contributed by atoms with Crippen LogP contribution in [-0.2, 0) is 27.4 Å². The Kier molecular flexibility index (Phi) is 11.2. The number of aromatic nitrogens is 6. The molecule has 6 aromatic rings. The van der Waals surface area contributed by atoms with Crippen molar-refractivity contribution in [1.29, 1.82) is 0 Å². The first-order valence-corrected chi connectivity index (χ1v) is 16.4. The van der Waals surface area contributed by atoms with Crippen molar-refractivity contribution in [2.24, 2.45) is 5.16 Å². The van der Waals surface area contributed by atoms with Crippen LogP contribution in [0.2, 0.25) is 5.02 Å². The van der Waals surface area contributed by atoms with Gasteiger partial charge in [-0.25, -0.2) is 24.3 Å². The fourth-order valence-corrected chi connectivity index (χ4v) is 5.84. The standard InChI is InChI=1S/C23H18ClFN4O2.C10H9N3O.C4H6N2/c24-19-6-2-5-18(22(19)25)20-9-21(31-28-20)23(30)29-8-7-17-14(12-29)3-1-4-16(17)15-10-26-13-27-11-15;14-7-13-9-3-1-8(2-4-9)10-11-5-6-12-10;1-4-5-2-3-6-4/h1-6,10-11,13,21H,7-9,12H2;1-7H,(H,11,12)(H,13,14);2-3H,1H3,(H,5,6). The van der Waals surface area contributed by atoms with Crippen molar-refractivity contribution in [2.75, 3.05) is 11.9 Å². The van der Waals surface area contributed by atoms with Crippen LogP contribution in [0.5, 0.6) is 0 Å². The van der Waals surface area contributed by atoms with E-state index in [4.69, 9.17) is 16.4 Å². The molecule has 3 aromatic heterocycles. The van der Waals surface area contributed by atoms with E-state index in [1.54, 1.807) is 54.2 Å². The van der Waals surface area contributed by atoms with E-state index in [0.717, 1.165) is 46.0 Å². The summed E-state index contributed by atoms with van der Waals surface area (Å²) < 4.78 is 14.3. The van der Waals surface area contributed by atoms with Crippen molar-refractivity contribution in [3.8, 4) is 22.5 Å². The molecule has 12 nitrogen and oxygen atoms in total. The van der Waals surface area contributed by atoms with Gasteiger partial charge in [-0.3, -0.25) is 9.59 Å². The van der Waals surface area contributed by atoms with E-state index in [1.807, 2.05) is 43.3 Å². The highest BCUT2D eigenvalue weighted by Gasteiger charge is 2.35. The van der Waals surface area contributed by atoms with Gasteiger partial charge in [0.15, 0.2) is 5.82 Å². The van der Waals surface area contributed by atoms with Gasteiger partial charge in [0.05, 0.1) is 10.7 Å². The molecular weight excluding hydrogens is 673 g/mol. The maximum atomic E-state index is 14.3. The Bertz CT molecular complexity index is 2090. The lowest BCUT2D eigenvalue weighted by Crippen LogP contribution is -2.42. The van der Waals surface area contributed by atoms with Crippen molar-refractivity contribution in [2.45, 2.75) is 32.4 Å². The maximum Gasteiger partial charge on any atom is 0.267 e. The van der Waals surface area contributed by atoms with E-state index in [-0.39, 0.29) is 22.9 Å². The summed E-state index contributed by atoms with van der Waals surface area (Å²) in [6.45, 7) is 2.97. The number of aromatic amines is 2. The molecule has 0 saturated carbocycles. The molecule has 0 fully saturated rings. The van der Waals surface area contributed by atoms with Crippen LogP contribution in [0.4, 0.5) is 10.1 Å². The van der Waals surface area contributed by atoms with Gasteiger partial charge >= 0.3 is 0 Å². The maximum absolute atomic E-state index is 14.3. The molecule has 51 heavy (non-hydrogen) atoms. The Hall–Kier alpha value is -6.21. The molecule has 0 bridgehead atoms. The molecular formula is C37H33ClFN9O3. The van der Waals surface area contributed by atoms with Crippen molar-refractivity contribution in [3.05, 3.63) is 138 Å². The Morgan fingerprint density at radius 2 is 1.73 bits per heavy atom. The number of halogens is 2. The first-order valence-electron chi connectivity index (χ1n) is 16.0. The fraction of sp³-hybridized carbons (Fsp3) is 0.162. The number of H-pyrrole nitrogens is 2. The molecule has 2 aliphatic rings. The minimum absolute atomic E-state index is 0.0160. The summed E-state index contributed by atoms with van der Waals surface area (Å²) in [6.07, 6.45) is 12.9. The Morgan fingerprint density at radius 3 is 2.41 bits per heavy atom. The van der Waals surface area contributed by atoms with Crippen molar-refractivity contribution < 1.29 is 18.8 Å². The normalized spacial score (nSPS) is 14.5. The topological polar surface area (TPSA) is 154 Å². The zero-order valence-corrected chi connectivity index (χ0v) is 28.2. The van der Waals surface area contributed by atoms with Crippen LogP contribution in [0.15, 0.2) is 109 Å². The molecule has 1 unspecified atom stereocenters.